The lowest BCUT2D eigenvalue weighted by molar-refractivity contribution is -0.120. The maximum atomic E-state index is 11.9. The molecule has 2 aromatic rings. The third-order valence-electron chi connectivity index (χ3n) is 2.97. The number of anilines is 1. The summed E-state index contributed by atoms with van der Waals surface area (Å²) < 4.78 is 0. The molecule has 2 rings (SSSR count). The Hall–Kier alpha value is -2.00. The zero-order valence-electron chi connectivity index (χ0n) is 11.3. The number of nitrogens with one attached hydrogen (secondary N) is 2. The molecule has 4 heteroatoms. The number of halogens is 1. The van der Waals surface area contributed by atoms with Crippen LogP contribution in [0.3, 0.4) is 0 Å². The van der Waals surface area contributed by atoms with Gasteiger partial charge in [0.05, 0.1) is 12.6 Å². The van der Waals surface area contributed by atoms with Crippen molar-refractivity contribution >= 4 is 23.2 Å². The first-order valence-corrected chi connectivity index (χ1v) is 6.86. The van der Waals surface area contributed by atoms with Crippen molar-refractivity contribution < 1.29 is 4.79 Å². The van der Waals surface area contributed by atoms with Crippen molar-refractivity contribution in [3.05, 3.63) is 65.2 Å². The monoisotopic (exact) mass is 288 g/mol. The highest BCUT2D eigenvalue weighted by Crippen LogP contribution is 2.15. The SMILES string of the molecule is CC(NC(=O)CNc1ccccc1)c1ccc(Cl)cc1. The fourth-order valence-electron chi connectivity index (χ4n) is 1.87. The Morgan fingerprint density at radius 1 is 1.10 bits per heavy atom. The van der Waals surface area contributed by atoms with Gasteiger partial charge in [0.2, 0.25) is 5.91 Å². The zero-order valence-corrected chi connectivity index (χ0v) is 12.0. The Kier molecular flexibility index (Phi) is 5.02. The molecule has 3 nitrogen and oxygen atoms in total. The van der Waals surface area contributed by atoms with E-state index in [9.17, 15) is 4.79 Å². The number of amides is 1. The van der Waals surface area contributed by atoms with Crippen LogP contribution in [0.15, 0.2) is 54.6 Å². The summed E-state index contributed by atoms with van der Waals surface area (Å²) in [5, 5.41) is 6.71. The number of para-hydroxylation sites is 1. The summed E-state index contributed by atoms with van der Waals surface area (Å²) in [5.74, 6) is -0.0451. The highest BCUT2D eigenvalue weighted by molar-refractivity contribution is 6.30. The second-order valence-electron chi connectivity index (χ2n) is 4.56. The summed E-state index contributed by atoms with van der Waals surface area (Å²) in [6.45, 7) is 2.20. The number of hydrogen-bond acceptors (Lipinski definition) is 2. The number of rotatable bonds is 5. The van der Waals surface area contributed by atoms with Gasteiger partial charge in [0.1, 0.15) is 0 Å². The fraction of sp³-hybridized carbons (Fsp3) is 0.188. The minimum absolute atomic E-state index is 0.0441. The average molecular weight is 289 g/mol. The number of benzene rings is 2. The van der Waals surface area contributed by atoms with Gasteiger partial charge < -0.3 is 10.6 Å². The van der Waals surface area contributed by atoms with Crippen molar-refractivity contribution in [3.8, 4) is 0 Å². The Labute approximate surface area is 124 Å². The van der Waals surface area contributed by atoms with Crippen LogP contribution >= 0.6 is 11.6 Å². The Bertz CT molecular complexity index is 554. The molecule has 0 saturated heterocycles. The lowest BCUT2D eigenvalue weighted by Crippen LogP contribution is -2.32. The van der Waals surface area contributed by atoms with E-state index in [1.54, 1.807) is 0 Å². The smallest absolute Gasteiger partial charge is 0.239 e. The summed E-state index contributed by atoms with van der Waals surface area (Å²) in [4.78, 5) is 11.9. The van der Waals surface area contributed by atoms with E-state index in [1.807, 2.05) is 61.5 Å². The van der Waals surface area contributed by atoms with Crippen LogP contribution in [0.4, 0.5) is 5.69 Å². The molecule has 0 aliphatic rings. The number of carbonyl (C=O) groups excluding carboxylic acids is 1. The summed E-state index contributed by atoms with van der Waals surface area (Å²) in [7, 11) is 0. The first kappa shape index (κ1) is 14.4. The third-order valence-corrected chi connectivity index (χ3v) is 3.23. The Balaban J connectivity index is 1.83. The van der Waals surface area contributed by atoms with Crippen LogP contribution in [-0.2, 0) is 4.79 Å². The number of hydrogen-bond donors (Lipinski definition) is 2. The van der Waals surface area contributed by atoms with E-state index in [1.165, 1.54) is 0 Å². The van der Waals surface area contributed by atoms with Crippen LogP contribution in [0.25, 0.3) is 0 Å². The standard InChI is InChI=1S/C16H17ClN2O/c1-12(13-7-9-14(17)10-8-13)19-16(20)11-18-15-5-3-2-4-6-15/h2-10,12,18H,11H2,1H3,(H,19,20). The van der Waals surface area contributed by atoms with Crippen LogP contribution in [0, 0.1) is 0 Å². The molecule has 2 N–H and O–H groups in total. The Morgan fingerprint density at radius 2 is 1.75 bits per heavy atom. The quantitative estimate of drug-likeness (QED) is 0.882. The highest BCUT2D eigenvalue weighted by Gasteiger charge is 2.09. The van der Waals surface area contributed by atoms with Crippen LogP contribution in [0.5, 0.6) is 0 Å². The molecule has 20 heavy (non-hydrogen) atoms. The van der Waals surface area contributed by atoms with E-state index in [2.05, 4.69) is 10.6 Å². The first-order valence-electron chi connectivity index (χ1n) is 6.49. The molecule has 0 heterocycles. The van der Waals surface area contributed by atoms with Gasteiger partial charge in [-0.3, -0.25) is 4.79 Å². The van der Waals surface area contributed by atoms with Gasteiger partial charge in [-0.15, -0.1) is 0 Å². The second kappa shape index (κ2) is 6.96. The molecule has 0 aromatic heterocycles. The van der Waals surface area contributed by atoms with E-state index in [0.29, 0.717) is 5.02 Å². The van der Waals surface area contributed by atoms with Crippen molar-refractivity contribution in [3.63, 3.8) is 0 Å². The molecule has 1 amide bonds. The van der Waals surface area contributed by atoms with Gasteiger partial charge in [0, 0.05) is 10.7 Å². The molecule has 1 unspecified atom stereocenters. The summed E-state index contributed by atoms with van der Waals surface area (Å²) >= 11 is 5.84. The average Bonchev–Trinajstić information content (AvgIpc) is 2.47. The maximum Gasteiger partial charge on any atom is 0.239 e. The van der Waals surface area contributed by atoms with Crippen LogP contribution in [-0.4, -0.2) is 12.5 Å². The lowest BCUT2D eigenvalue weighted by Gasteiger charge is -2.15. The minimum Gasteiger partial charge on any atom is -0.376 e. The topological polar surface area (TPSA) is 41.1 Å². The molecule has 1 atom stereocenters. The van der Waals surface area contributed by atoms with E-state index in [-0.39, 0.29) is 18.5 Å². The highest BCUT2D eigenvalue weighted by atomic mass is 35.5. The van der Waals surface area contributed by atoms with Crippen LogP contribution in [0.2, 0.25) is 5.02 Å². The van der Waals surface area contributed by atoms with Crippen molar-refractivity contribution in [1.82, 2.24) is 5.32 Å². The van der Waals surface area contributed by atoms with Crippen LogP contribution < -0.4 is 10.6 Å². The summed E-state index contributed by atoms with van der Waals surface area (Å²) in [5.41, 5.74) is 1.96. The predicted octanol–water partition coefficient (Wildman–Crippen LogP) is 3.63. The Morgan fingerprint density at radius 3 is 2.40 bits per heavy atom. The van der Waals surface area contributed by atoms with Crippen molar-refractivity contribution in [1.29, 1.82) is 0 Å². The molecule has 2 aromatic carbocycles. The van der Waals surface area contributed by atoms with Crippen molar-refractivity contribution in [2.45, 2.75) is 13.0 Å². The zero-order chi connectivity index (χ0) is 14.4. The van der Waals surface area contributed by atoms with Gasteiger partial charge in [-0.05, 0) is 36.8 Å². The molecular weight excluding hydrogens is 272 g/mol. The second-order valence-corrected chi connectivity index (χ2v) is 5.00. The lowest BCUT2D eigenvalue weighted by atomic mass is 10.1. The van der Waals surface area contributed by atoms with Crippen LogP contribution in [0.1, 0.15) is 18.5 Å². The van der Waals surface area contributed by atoms with Crippen molar-refractivity contribution in [2.75, 3.05) is 11.9 Å². The van der Waals surface area contributed by atoms with Gasteiger partial charge in [0.15, 0.2) is 0 Å². The first-order chi connectivity index (χ1) is 9.65. The van der Waals surface area contributed by atoms with Crippen molar-refractivity contribution in [2.24, 2.45) is 0 Å². The summed E-state index contributed by atoms with van der Waals surface area (Å²) in [6, 6.07) is 17.1. The van der Waals surface area contributed by atoms with E-state index in [0.717, 1.165) is 11.3 Å². The van der Waals surface area contributed by atoms with Gasteiger partial charge in [-0.2, -0.15) is 0 Å². The van der Waals surface area contributed by atoms with E-state index in [4.69, 9.17) is 11.6 Å². The third kappa shape index (κ3) is 4.28. The molecule has 0 fully saturated rings. The van der Waals surface area contributed by atoms with E-state index < -0.39 is 0 Å². The molecule has 0 radical (unpaired) electrons. The molecular formula is C16H17ClN2O. The maximum absolute atomic E-state index is 11.9. The molecule has 0 aliphatic carbocycles. The molecule has 0 spiro atoms. The van der Waals surface area contributed by atoms with Gasteiger partial charge in [0.25, 0.3) is 0 Å². The van der Waals surface area contributed by atoms with Gasteiger partial charge in [-0.25, -0.2) is 0 Å². The molecule has 0 saturated carbocycles. The largest absolute Gasteiger partial charge is 0.376 e. The molecule has 0 bridgehead atoms. The predicted molar refractivity (Wildman–Crippen MR) is 82.9 cm³/mol. The fourth-order valence-corrected chi connectivity index (χ4v) is 1.99. The minimum atomic E-state index is -0.0451. The molecule has 0 aliphatic heterocycles. The van der Waals surface area contributed by atoms with Gasteiger partial charge >= 0.3 is 0 Å². The number of carbonyl (C=O) groups is 1. The summed E-state index contributed by atoms with van der Waals surface area (Å²) in [6.07, 6.45) is 0. The van der Waals surface area contributed by atoms with E-state index >= 15 is 0 Å². The molecule has 104 valence electrons. The normalized spacial score (nSPS) is 11.7. The van der Waals surface area contributed by atoms with Gasteiger partial charge in [-0.1, -0.05) is 41.9 Å².